The summed E-state index contributed by atoms with van der Waals surface area (Å²) in [5.41, 5.74) is 1.60. The highest BCUT2D eigenvalue weighted by molar-refractivity contribution is 6.31. The molecule has 0 bridgehead atoms. The first-order valence-corrected chi connectivity index (χ1v) is 10.1. The van der Waals surface area contributed by atoms with Gasteiger partial charge < -0.3 is 5.32 Å². The van der Waals surface area contributed by atoms with Crippen LogP contribution in [0.25, 0.3) is 6.08 Å². The van der Waals surface area contributed by atoms with Crippen molar-refractivity contribution in [2.45, 2.75) is 65.5 Å². The van der Waals surface area contributed by atoms with Crippen LogP contribution in [-0.2, 0) is 11.3 Å². The molecule has 146 valence electrons. The molecule has 0 radical (unpaired) electrons. The second-order valence-electron chi connectivity index (χ2n) is 7.64. The third kappa shape index (κ3) is 4.80. The molecule has 0 saturated heterocycles. The Kier molecular flexibility index (Phi) is 6.37. The predicted octanol–water partition coefficient (Wildman–Crippen LogP) is 4.85. The minimum atomic E-state index is -0.195. The summed E-state index contributed by atoms with van der Waals surface area (Å²) in [7, 11) is 0. The van der Waals surface area contributed by atoms with E-state index < -0.39 is 0 Å². The van der Waals surface area contributed by atoms with Gasteiger partial charge in [0.15, 0.2) is 0 Å². The number of carbonyl (C=O) groups excluding carboxylic acids is 1. The lowest BCUT2D eigenvalue weighted by Gasteiger charge is -2.23. The Hall–Kier alpha value is -2.08. The number of nitrogens with one attached hydrogen (secondary N) is 1. The molecule has 1 aliphatic rings. The van der Waals surface area contributed by atoms with Crippen molar-refractivity contribution in [3.05, 3.63) is 34.7 Å². The summed E-state index contributed by atoms with van der Waals surface area (Å²) in [4.78, 5) is 12.4. The van der Waals surface area contributed by atoms with Crippen LogP contribution in [0.5, 0.6) is 0 Å². The SMILES string of the molecule is Cc1nn(CC(C)C)c(Cl)c1/C=C/C(=O)Nc1ccnn1C1CCCCC1. The third-order valence-electron chi connectivity index (χ3n) is 4.89. The number of rotatable bonds is 6. The van der Waals surface area contributed by atoms with Gasteiger partial charge in [-0.05, 0) is 31.8 Å². The Labute approximate surface area is 165 Å². The van der Waals surface area contributed by atoms with Gasteiger partial charge in [0.25, 0.3) is 0 Å². The van der Waals surface area contributed by atoms with E-state index in [0.29, 0.717) is 17.1 Å². The van der Waals surface area contributed by atoms with Crippen LogP contribution in [0.2, 0.25) is 5.15 Å². The minimum absolute atomic E-state index is 0.195. The molecule has 27 heavy (non-hydrogen) atoms. The number of amides is 1. The molecule has 7 heteroatoms. The zero-order chi connectivity index (χ0) is 19.4. The number of aryl methyl sites for hydroxylation is 1. The Balaban J connectivity index is 1.68. The van der Waals surface area contributed by atoms with E-state index in [1.165, 1.54) is 25.3 Å². The zero-order valence-electron chi connectivity index (χ0n) is 16.3. The fraction of sp³-hybridized carbons (Fsp3) is 0.550. The summed E-state index contributed by atoms with van der Waals surface area (Å²) < 4.78 is 3.74. The normalized spacial score (nSPS) is 15.7. The maximum absolute atomic E-state index is 12.4. The summed E-state index contributed by atoms with van der Waals surface area (Å²) >= 11 is 6.43. The number of anilines is 1. The summed E-state index contributed by atoms with van der Waals surface area (Å²) in [6.45, 7) is 6.89. The monoisotopic (exact) mass is 389 g/mol. The highest BCUT2D eigenvalue weighted by Crippen LogP contribution is 2.30. The van der Waals surface area contributed by atoms with Crippen molar-refractivity contribution in [1.29, 1.82) is 0 Å². The maximum Gasteiger partial charge on any atom is 0.249 e. The zero-order valence-corrected chi connectivity index (χ0v) is 17.0. The standard InChI is InChI=1S/C20H28ClN5O/c1-14(2)13-25-20(21)17(15(3)24-25)9-10-19(27)23-18-11-12-22-26(18)16-7-5-4-6-8-16/h9-12,14,16H,4-8,13H2,1-3H3,(H,23,27)/b10-9+. The molecule has 0 aromatic carbocycles. The van der Waals surface area contributed by atoms with E-state index in [1.54, 1.807) is 17.0 Å². The molecule has 1 saturated carbocycles. The molecular formula is C20H28ClN5O. The van der Waals surface area contributed by atoms with Crippen molar-refractivity contribution < 1.29 is 4.79 Å². The summed E-state index contributed by atoms with van der Waals surface area (Å²) in [6.07, 6.45) is 10.9. The van der Waals surface area contributed by atoms with Gasteiger partial charge in [-0.3, -0.25) is 9.48 Å². The summed E-state index contributed by atoms with van der Waals surface area (Å²) in [5, 5.41) is 12.4. The predicted molar refractivity (Wildman–Crippen MR) is 109 cm³/mol. The van der Waals surface area contributed by atoms with Crippen LogP contribution in [0.4, 0.5) is 5.82 Å². The van der Waals surface area contributed by atoms with Crippen LogP contribution in [0.3, 0.4) is 0 Å². The highest BCUT2D eigenvalue weighted by atomic mass is 35.5. The summed E-state index contributed by atoms with van der Waals surface area (Å²) in [6, 6.07) is 2.22. The molecule has 6 nitrogen and oxygen atoms in total. The molecule has 1 aliphatic carbocycles. The van der Waals surface area contributed by atoms with Gasteiger partial charge in [0.2, 0.25) is 5.91 Å². The quantitative estimate of drug-likeness (QED) is 0.718. The number of aromatic nitrogens is 4. The third-order valence-corrected chi connectivity index (χ3v) is 5.29. The number of hydrogen-bond acceptors (Lipinski definition) is 3. The van der Waals surface area contributed by atoms with Crippen LogP contribution in [0.15, 0.2) is 18.3 Å². The van der Waals surface area contributed by atoms with Crippen molar-refractivity contribution in [2.75, 3.05) is 5.32 Å². The van der Waals surface area contributed by atoms with Gasteiger partial charge in [0, 0.05) is 24.3 Å². The van der Waals surface area contributed by atoms with Crippen LogP contribution in [0.1, 0.15) is 63.3 Å². The molecule has 0 spiro atoms. The van der Waals surface area contributed by atoms with Crippen LogP contribution < -0.4 is 5.32 Å². The number of hydrogen-bond donors (Lipinski definition) is 1. The van der Waals surface area contributed by atoms with Crippen LogP contribution in [0, 0.1) is 12.8 Å². The maximum atomic E-state index is 12.4. The average Bonchev–Trinajstić information content (AvgIpc) is 3.19. The van der Waals surface area contributed by atoms with Crippen LogP contribution >= 0.6 is 11.6 Å². The van der Waals surface area contributed by atoms with E-state index in [-0.39, 0.29) is 5.91 Å². The van der Waals surface area contributed by atoms with Crippen LogP contribution in [-0.4, -0.2) is 25.5 Å². The molecular weight excluding hydrogens is 362 g/mol. The smallest absolute Gasteiger partial charge is 0.249 e. The first-order valence-electron chi connectivity index (χ1n) is 9.71. The fourth-order valence-electron chi connectivity index (χ4n) is 3.58. The number of nitrogens with zero attached hydrogens (tertiary/aromatic N) is 4. The summed E-state index contributed by atoms with van der Waals surface area (Å²) in [5.74, 6) is 0.997. The molecule has 0 atom stereocenters. The van der Waals surface area contributed by atoms with E-state index in [9.17, 15) is 4.79 Å². The number of carbonyl (C=O) groups is 1. The molecule has 2 aromatic heterocycles. The van der Waals surface area contributed by atoms with E-state index in [4.69, 9.17) is 11.6 Å². The molecule has 1 fully saturated rings. The van der Waals surface area contributed by atoms with E-state index >= 15 is 0 Å². The van der Waals surface area contributed by atoms with Gasteiger partial charge in [0.1, 0.15) is 11.0 Å². The van der Waals surface area contributed by atoms with Crippen molar-refractivity contribution in [3.63, 3.8) is 0 Å². The Morgan fingerprint density at radius 2 is 2.11 bits per heavy atom. The van der Waals surface area contributed by atoms with Gasteiger partial charge >= 0.3 is 0 Å². The molecule has 1 N–H and O–H groups in total. The van der Waals surface area contributed by atoms with Gasteiger partial charge in [-0.2, -0.15) is 10.2 Å². The highest BCUT2D eigenvalue weighted by Gasteiger charge is 2.19. The molecule has 0 aliphatic heterocycles. The molecule has 0 unspecified atom stereocenters. The van der Waals surface area contributed by atoms with Crippen molar-refractivity contribution in [2.24, 2.45) is 5.92 Å². The Morgan fingerprint density at radius 3 is 2.81 bits per heavy atom. The van der Waals surface area contributed by atoms with Crippen molar-refractivity contribution in [3.8, 4) is 0 Å². The van der Waals surface area contributed by atoms with E-state index in [0.717, 1.165) is 36.5 Å². The second kappa shape index (κ2) is 8.74. The Morgan fingerprint density at radius 1 is 1.37 bits per heavy atom. The molecule has 1 amide bonds. The first kappa shape index (κ1) is 19.7. The second-order valence-corrected chi connectivity index (χ2v) is 8.00. The topological polar surface area (TPSA) is 64.7 Å². The lowest BCUT2D eigenvalue weighted by Crippen LogP contribution is -2.19. The van der Waals surface area contributed by atoms with Crippen molar-refractivity contribution in [1.82, 2.24) is 19.6 Å². The average molecular weight is 390 g/mol. The van der Waals surface area contributed by atoms with Gasteiger partial charge in [-0.1, -0.05) is 44.7 Å². The number of halogens is 1. The minimum Gasteiger partial charge on any atom is -0.307 e. The van der Waals surface area contributed by atoms with Gasteiger partial charge in [-0.25, -0.2) is 4.68 Å². The van der Waals surface area contributed by atoms with E-state index in [2.05, 4.69) is 29.4 Å². The molecule has 2 heterocycles. The van der Waals surface area contributed by atoms with Gasteiger partial charge in [0.05, 0.1) is 17.9 Å². The van der Waals surface area contributed by atoms with Gasteiger partial charge in [-0.15, -0.1) is 0 Å². The fourth-order valence-corrected chi connectivity index (χ4v) is 3.89. The Bertz CT molecular complexity index is 814. The van der Waals surface area contributed by atoms with E-state index in [1.807, 2.05) is 17.7 Å². The van der Waals surface area contributed by atoms with Crippen molar-refractivity contribution >= 4 is 29.4 Å². The molecule has 3 rings (SSSR count). The largest absolute Gasteiger partial charge is 0.307 e. The molecule has 2 aromatic rings. The first-order chi connectivity index (χ1) is 13.0. The lowest BCUT2D eigenvalue weighted by atomic mass is 9.96. The lowest BCUT2D eigenvalue weighted by molar-refractivity contribution is -0.111.